The van der Waals surface area contributed by atoms with Crippen LogP contribution in [0.4, 0.5) is 0 Å². The van der Waals surface area contributed by atoms with Crippen LogP contribution in [0, 0.1) is 0 Å². The molecule has 1 heterocycles. The van der Waals surface area contributed by atoms with Crippen molar-refractivity contribution in [2.45, 2.75) is 10.6 Å². The summed E-state index contributed by atoms with van der Waals surface area (Å²) in [6, 6.07) is 8.17. The minimum absolute atomic E-state index is 0.0157. The van der Waals surface area contributed by atoms with Crippen LogP contribution in [0.2, 0.25) is 0 Å². The smallest absolute Gasteiger partial charge is 0.339 e. The maximum absolute atomic E-state index is 12.2. The SMILES string of the molecule is COc1cccc(S(=O)Cc2occc2C(=O)O)c1. The normalized spacial score (nSPS) is 12.1. The lowest BCUT2D eigenvalue weighted by molar-refractivity contribution is 0.0695. The number of hydrogen-bond donors (Lipinski definition) is 1. The van der Waals surface area contributed by atoms with Gasteiger partial charge in [-0.1, -0.05) is 6.07 Å². The Morgan fingerprint density at radius 1 is 1.42 bits per heavy atom. The number of aromatic carboxylic acids is 1. The molecule has 0 saturated heterocycles. The lowest BCUT2D eigenvalue weighted by Gasteiger charge is -2.04. The predicted octanol–water partition coefficient (Wildman–Crippen LogP) is 2.29. The highest BCUT2D eigenvalue weighted by atomic mass is 32.2. The summed E-state index contributed by atoms with van der Waals surface area (Å²) >= 11 is 0. The van der Waals surface area contributed by atoms with Gasteiger partial charge in [0, 0.05) is 4.90 Å². The Balaban J connectivity index is 2.20. The first kappa shape index (κ1) is 13.4. The van der Waals surface area contributed by atoms with Gasteiger partial charge in [-0.3, -0.25) is 4.21 Å². The van der Waals surface area contributed by atoms with Crippen LogP contribution in [-0.2, 0) is 16.6 Å². The number of hydrogen-bond acceptors (Lipinski definition) is 4. The van der Waals surface area contributed by atoms with E-state index >= 15 is 0 Å². The number of carbonyl (C=O) groups is 1. The van der Waals surface area contributed by atoms with Gasteiger partial charge in [0.25, 0.3) is 0 Å². The van der Waals surface area contributed by atoms with Gasteiger partial charge in [-0.15, -0.1) is 0 Å². The summed E-state index contributed by atoms with van der Waals surface area (Å²) in [4.78, 5) is 11.5. The first-order chi connectivity index (χ1) is 9.11. The van der Waals surface area contributed by atoms with E-state index in [0.29, 0.717) is 10.6 Å². The second kappa shape index (κ2) is 5.71. The van der Waals surface area contributed by atoms with Gasteiger partial charge in [0.05, 0.1) is 29.9 Å². The zero-order valence-corrected chi connectivity index (χ0v) is 11.0. The second-order valence-corrected chi connectivity index (χ2v) is 5.18. The van der Waals surface area contributed by atoms with E-state index in [4.69, 9.17) is 14.3 Å². The van der Waals surface area contributed by atoms with Crippen LogP contribution in [0.25, 0.3) is 0 Å². The van der Waals surface area contributed by atoms with Crippen molar-refractivity contribution in [1.29, 1.82) is 0 Å². The summed E-state index contributed by atoms with van der Waals surface area (Å²) in [7, 11) is 0.136. The second-order valence-electron chi connectivity index (χ2n) is 3.73. The first-order valence-electron chi connectivity index (χ1n) is 5.44. The van der Waals surface area contributed by atoms with Crippen LogP contribution in [-0.4, -0.2) is 22.4 Å². The molecule has 19 heavy (non-hydrogen) atoms. The topological polar surface area (TPSA) is 76.7 Å². The van der Waals surface area contributed by atoms with Crippen molar-refractivity contribution in [3.63, 3.8) is 0 Å². The van der Waals surface area contributed by atoms with Crippen molar-refractivity contribution in [2.75, 3.05) is 7.11 Å². The Hall–Kier alpha value is -2.08. The Bertz CT molecular complexity index is 617. The Morgan fingerprint density at radius 3 is 2.89 bits per heavy atom. The van der Waals surface area contributed by atoms with Crippen LogP contribution in [0.5, 0.6) is 5.75 Å². The molecule has 100 valence electrons. The summed E-state index contributed by atoms with van der Waals surface area (Å²) < 4.78 is 22.3. The molecule has 1 aromatic carbocycles. The fourth-order valence-corrected chi connectivity index (χ4v) is 2.69. The molecule has 6 heteroatoms. The molecule has 0 aliphatic heterocycles. The van der Waals surface area contributed by atoms with Gasteiger partial charge >= 0.3 is 5.97 Å². The molecule has 1 N–H and O–H groups in total. The van der Waals surface area contributed by atoms with Gasteiger partial charge in [0.2, 0.25) is 0 Å². The molecular weight excluding hydrogens is 268 g/mol. The van der Waals surface area contributed by atoms with E-state index in [1.807, 2.05) is 0 Å². The van der Waals surface area contributed by atoms with Crippen molar-refractivity contribution in [3.05, 3.63) is 47.9 Å². The molecule has 0 amide bonds. The first-order valence-corrected chi connectivity index (χ1v) is 6.76. The molecule has 1 unspecified atom stereocenters. The fourth-order valence-electron chi connectivity index (χ4n) is 1.59. The standard InChI is InChI=1S/C13H12O5S/c1-17-9-3-2-4-10(7-9)19(16)8-12-11(13(14)15)5-6-18-12/h2-7H,8H2,1H3,(H,14,15). The van der Waals surface area contributed by atoms with Gasteiger partial charge in [-0.2, -0.15) is 0 Å². The monoisotopic (exact) mass is 280 g/mol. The van der Waals surface area contributed by atoms with E-state index < -0.39 is 16.8 Å². The zero-order chi connectivity index (χ0) is 13.8. The molecule has 0 fully saturated rings. The third kappa shape index (κ3) is 3.03. The van der Waals surface area contributed by atoms with Crippen LogP contribution in [0.3, 0.4) is 0 Å². The third-order valence-corrected chi connectivity index (χ3v) is 3.85. The highest BCUT2D eigenvalue weighted by molar-refractivity contribution is 7.84. The molecule has 0 aliphatic carbocycles. The van der Waals surface area contributed by atoms with Crippen molar-refractivity contribution >= 4 is 16.8 Å². The van der Waals surface area contributed by atoms with E-state index in [1.54, 1.807) is 24.3 Å². The highest BCUT2D eigenvalue weighted by Gasteiger charge is 2.16. The number of rotatable bonds is 5. The Kier molecular flexibility index (Phi) is 4.01. The number of furan rings is 1. The molecular formula is C13H12O5S. The van der Waals surface area contributed by atoms with Gasteiger partial charge in [-0.05, 0) is 24.3 Å². The average molecular weight is 280 g/mol. The zero-order valence-electron chi connectivity index (χ0n) is 10.2. The summed E-state index contributed by atoms with van der Waals surface area (Å²) in [5.74, 6) is -0.272. The third-order valence-electron chi connectivity index (χ3n) is 2.54. The van der Waals surface area contributed by atoms with Crippen molar-refractivity contribution < 1.29 is 23.3 Å². The van der Waals surface area contributed by atoms with E-state index in [-0.39, 0.29) is 17.1 Å². The van der Waals surface area contributed by atoms with Gasteiger partial charge in [-0.25, -0.2) is 4.79 Å². The minimum Gasteiger partial charge on any atom is -0.497 e. The molecule has 0 radical (unpaired) electrons. The van der Waals surface area contributed by atoms with Crippen molar-refractivity contribution in [3.8, 4) is 5.75 Å². The van der Waals surface area contributed by atoms with Gasteiger partial charge < -0.3 is 14.3 Å². The number of methoxy groups -OCH3 is 1. The number of ether oxygens (including phenoxy) is 1. The van der Waals surface area contributed by atoms with Crippen LogP contribution >= 0.6 is 0 Å². The molecule has 0 bridgehead atoms. The maximum Gasteiger partial charge on any atom is 0.339 e. The molecule has 1 aromatic heterocycles. The lowest BCUT2D eigenvalue weighted by atomic mass is 10.3. The summed E-state index contributed by atoms with van der Waals surface area (Å²) in [6.07, 6.45) is 1.28. The van der Waals surface area contributed by atoms with E-state index in [2.05, 4.69) is 0 Å². The van der Waals surface area contributed by atoms with Crippen LogP contribution in [0.15, 0.2) is 45.9 Å². The Labute approximate surface area is 112 Å². The van der Waals surface area contributed by atoms with Crippen molar-refractivity contribution in [2.24, 2.45) is 0 Å². The molecule has 5 nitrogen and oxygen atoms in total. The van der Waals surface area contributed by atoms with E-state index in [0.717, 1.165) is 0 Å². The van der Waals surface area contributed by atoms with Crippen LogP contribution in [0.1, 0.15) is 16.1 Å². The predicted molar refractivity (Wildman–Crippen MR) is 68.8 cm³/mol. The molecule has 0 saturated carbocycles. The highest BCUT2D eigenvalue weighted by Crippen LogP contribution is 2.20. The van der Waals surface area contributed by atoms with E-state index in [9.17, 15) is 9.00 Å². The molecule has 2 rings (SSSR count). The number of carboxylic acid groups (broad SMARTS) is 1. The van der Waals surface area contributed by atoms with E-state index in [1.165, 1.54) is 19.4 Å². The summed E-state index contributed by atoms with van der Waals surface area (Å²) in [5.41, 5.74) is 0.0382. The molecule has 2 aromatic rings. The van der Waals surface area contributed by atoms with Gasteiger partial charge in [0.15, 0.2) is 0 Å². The summed E-state index contributed by atoms with van der Waals surface area (Å²) in [5, 5.41) is 8.94. The fraction of sp³-hybridized carbons (Fsp3) is 0.154. The molecule has 0 aliphatic rings. The maximum atomic E-state index is 12.2. The quantitative estimate of drug-likeness (QED) is 0.909. The largest absolute Gasteiger partial charge is 0.497 e. The lowest BCUT2D eigenvalue weighted by Crippen LogP contribution is -2.02. The minimum atomic E-state index is -1.39. The van der Waals surface area contributed by atoms with Gasteiger partial charge in [0.1, 0.15) is 17.1 Å². The number of carboxylic acids is 1. The van der Waals surface area contributed by atoms with Crippen LogP contribution < -0.4 is 4.74 Å². The van der Waals surface area contributed by atoms with Crippen molar-refractivity contribution in [1.82, 2.24) is 0 Å². The Morgan fingerprint density at radius 2 is 2.21 bits per heavy atom. The molecule has 1 atom stereocenters. The molecule has 0 spiro atoms. The summed E-state index contributed by atoms with van der Waals surface area (Å²) in [6.45, 7) is 0. The number of benzene rings is 1. The average Bonchev–Trinajstić information content (AvgIpc) is 2.87.